The first-order valence-electron chi connectivity index (χ1n) is 10.1. The van der Waals surface area contributed by atoms with Crippen molar-refractivity contribution >= 4 is 41.6 Å². The largest absolute Gasteiger partial charge is 1.00 e. The second-order valence-corrected chi connectivity index (χ2v) is 10.0. The summed E-state index contributed by atoms with van der Waals surface area (Å²) < 4.78 is -0.720. The van der Waals surface area contributed by atoms with Crippen LogP contribution in [0.25, 0.3) is 0 Å². The number of carboxylic acids is 1. The zero-order chi connectivity index (χ0) is 23.2. The molecule has 3 unspecified atom stereocenters. The number of amides is 6. The van der Waals surface area contributed by atoms with Crippen LogP contribution in [0.1, 0.15) is 26.9 Å². The summed E-state index contributed by atoms with van der Waals surface area (Å²) in [5.74, 6) is -2.20. The molecule has 0 radical (unpaired) electrons. The normalized spacial score (nSPS) is 25.8. The second kappa shape index (κ2) is 9.53. The van der Waals surface area contributed by atoms with Crippen molar-refractivity contribution in [1.29, 1.82) is 0 Å². The van der Waals surface area contributed by atoms with Gasteiger partial charge < -0.3 is 27.4 Å². The maximum atomic E-state index is 13.1. The van der Waals surface area contributed by atoms with Crippen LogP contribution < -0.4 is 45.5 Å². The SMILES string of the molecule is CC1(C)SC2C(NC(=O)[C@H](NC(=O)N3CCNC3=O)c3ccccc3)C(=O)N2C1C(=O)O.[H-].[Na+]. The van der Waals surface area contributed by atoms with Crippen LogP contribution in [0.3, 0.4) is 0 Å². The summed E-state index contributed by atoms with van der Waals surface area (Å²) in [5, 5.41) is 16.8. The van der Waals surface area contributed by atoms with E-state index >= 15 is 0 Å². The van der Waals surface area contributed by atoms with Crippen molar-refractivity contribution in [2.45, 2.75) is 42.1 Å². The molecule has 3 aliphatic heterocycles. The Bertz CT molecular complexity index is 999. The summed E-state index contributed by atoms with van der Waals surface area (Å²) in [6.07, 6.45) is 0. The molecule has 0 aromatic heterocycles. The van der Waals surface area contributed by atoms with E-state index in [9.17, 15) is 29.1 Å². The Balaban J connectivity index is 0.00000204. The smallest absolute Gasteiger partial charge is 1.00 e. The molecule has 0 spiro atoms. The van der Waals surface area contributed by atoms with Crippen LogP contribution in [0.4, 0.5) is 9.59 Å². The van der Waals surface area contributed by atoms with E-state index in [0.29, 0.717) is 12.1 Å². The van der Waals surface area contributed by atoms with Crippen LogP contribution in [0, 0.1) is 0 Å². The first-order valence-corrected chi connectivity index (χ1v) is 10.9. The molecule has 11 nitrogen and oxygen atoms in total. The fourth-order valence-corrected chi connectivity index (χ4v) is 5.82. The number of thioether (sulfide) groups is 1. The number of benzene rings is 1. The predicted octanol–water partition coefficient (Wildman–Crippen LogP) is -2.79. The Morgan fingerprint density at radius 2 is 1.91 bits per heavy atom. The van der Waals surface area contributed by atoms with Gasteiger partial charge >= 0.3 is 47.6 Å². The van der Waals surface area contributed by atoms with Gasteiger partial charge in [-0.1, -0.05) is 30.3 Å². The maximum Gasteiger partial charge on any atom is 1.00 e. The third kappa shape index (κ3) is 4.57. The molecule has 33 heavy (non-hydrogen) atoms. The molecule has 3 fully saturated rings. The van der Waals surface area contributed by atoms with Gasteiger partial charge in [-0.05, 0) is 19.4 Å². The van der Waals surface area contributed by atoms with Crippen molar-refractivity contribution in [1.82, 2.24) is 25.8 Å². The first kappa shape index (κ1) is 25.3. The molecule has 0 saturated carbocycles. The minimum Gasteiger partial charge on any atom is -1.00 e. The van der Waals surface area contributed by atoms with E-state index in [2.05, 4.69) is 16.0 Å². The number of imide groups is 1. The van der Waals surface area contributed by atoms with Crippen molar-refractivity contribution in [3.8, 4) is 0 Å². The van der Waals surface area contributed by atoms with Crippen molar-refractivity contribution in [3.63, 3.8) is 0 Å². The van der Waals surface area contributed by atoms with Gasteiger partial charge in [0.1, 0.15) is 23.5 Å². The molecule has 3 saturated heterocycles. The monoisotopic (exact) mass is 485 g/mol. The minimum absolute atomic E-state index is 0. The number of carboxylic acid groups (broad SMARTS) is 1. The average Bonchev–Trinajstić information content (AvgIpc) is 3.29. The van der Waals surface area contributed by atoms with Gasteiger partial charge in [0, 0.05) is 17.8 Å². The first-order chi connectivity index (χ1) is 15.1. The molecule has 1 aromatic rings. The van der Waals surface area contributed by atoms with E-state index in [-0.39, 0.29) is 37.5 Å². The number of nitrogens with one attached hydrogen (secondary N) is 3. The molecular formula is C20H24N5NaO6S. The molecule has 172 valence electrons. The Morgan fingerprint density at radius 3 is 2.48 bits per heavy atom. The van der Waals surface area contributed by atoms with Crippen molar-refractivity contribution < 1.29 is 60.1 Å². The third-order valence-corrected chi connectivity index (χ3v) is 7.31. The number of carbonyl (C=O) groups excluding carboxylic acids is 4. The van der Waals surface area contributed by atoms with Gasteiger partial charge in [0.25, 0.3) is 0 Å². The molecule has 13 heteroatoms. The Kier molecular flexibility index (Phi) is 7.32. The second-order valence-electron chi connectivity index (χ2n) is 8.26. The Morgan fingerprint density at radius 1 is 1.24 bits per heavy atom. The molecule has 0 aliphatic carbocycles. The van der Waals surface area contributed by atoms with Gasteiger partial charge in [0.15, 0.2) is 0 Å². The van der Waals surface area contributed by atoms with Crippen LogP contribution in [0.5, 0.6) is 0 Å². The quantitative estimate of drug-likeness (QED) is 0.260. The van der Waals surface area contributed by atoms with Crippen LogP contribution >= 0.6 is 11.8 Å². The molecule has 1 aromatic carbocycles. The molecule has 4 atom stereocenters. The summed E-state index contributed by atoms with van der Waals surface area (Å²) in [5.41, 5.74) is 0.476. The number of hydrogen-bond donors (Lipinski definition) is 4. The standard InChI is InChI=1S/C20H23N5O6S.Na.H/c1-20(2)13(17(28)29)25-15(27)12(16(25)32-20)22-14(26)11(10-6-4-3-5-7-10)23-19(31)24-9-8-21-18(24)30;;/h3-7,11-13,16H,8-9H2,1-2H3,(H,21,30)(H,22,26)(H,23,31)(H,28,29);;/q;+1;-1/t11-,12?,13?,16?;;/m1../s1. The van der Waals surface area contributed by atoms with E-state index in [1.54, 1.807) is 44.2 Å². The molecule has 3 heterocycles. The topological polar surface area (TPSA) is 148 Å². The van der Waals surface area contributed by atoms with E-state index in [0.717, 1.165) is 4.90 Å². The third-order valence-electron chi connectivity index (χ3n) is 5.74. The average molecular weight is 485 g/mol. The Hall–Kier alpha value is -2.28. The number of carbonyl (C=O) groups is 5. The molecule has 4 rings (SSSR count). The zero-order valence-corrected chi connectivity index (χ0v) is 21.2. The fourth-order valence-electron chi connectivity index (χ4n) is 4.19. The molecule has 3 aliphatic rings. The zero-order valence-electron chi connectivity index (χ0n) is 19.4. The summed E-state index contributed by atoms with van der Waals surface area (Å²) in [4.78, 5) is 64.2. The van der Waals surface area contributed by atoms with E-state index in [1.165, 1.54) is 16.7 Å². The van der Waals surface area contributed by atoms with Crippen LogP contribution in [0.15, 0.2) is 30.3 Å². The van der Waals surface area contributed by atoms with Crippen LogP contribution in [-0.2, 0) is 14.4 Å². The van der Waals surface area contributed by atoms with Gasteiger partial charge in [-0.15, -0.1) is 11.8 Å². The number of rotatable bonds is 5. The van der Waals surface area contributed by atoms with Crippen LogP contribution in [0.2, 0.25) is 0 Å². The summed E-state index contributed by atoms with van der Waals surface area (Å²) in [6.45, 7) is 3.98. The summed E-state index contributed by atoms with van der Waals surface area (Å²) >= 11 is 1.31. The van der Waals surface area contributed by atoms with Crippen molar-refractivity contribution in [2.24, 2.45) is 0 Å². The van der Waals surface area contributed by atoms with Gasteiger partial charge in [-0.2, -0.15) is 0 Å². The predicted molar refractivity (Wildman–Crippen MR) is 115 cm³/mol. The fraction of sp³-hybridized carbons (Fsp3) is 0.450. The van der Waals surface area contributed by atoms with Crippen molar-refractivity contribution in [2.75, 3.05) is 13.1 Å². The number of urea groups is 2. The molecule has 4 N–H and O–H groups in total. The van der Waals surface area contributed by atoms with E-state index in [1.807, 2.05) is 0 Å². The van der Waals surface area contributed by atoms with Gasteiger partial charge in [-0.3, -0.25) is 9.59 Å². The number of nitrogens with zero attached hydrogens (tertiary/aromatic N) is 2. The van der Waals surface area contributed by atoms with Gasteiger partial charge in [0.05, 0.1) is 0 Å². The maximum absolute atomic E-state index is 13.1. The number of aliphatic carboxylic acids is 1. The van der Waals surface area contributed by atoms with E-state index < -0.39 is 58.1 Å². The van der Waals surface area contributed by atoms with Gasteiger partial charge in [-0.25, -0.2) is 19.3 Å². The summed E-state index contributed by atoms with van der Waals surface area (Å²) in [6, 6.07) is 4.14. The van der Waals surface area contributed by atoms with E-state index in [4.69, 9.17) is 0 Å². The minimum atomic E-state index is -1.14. The van der Waals surface area contributed by atoms with Gasteiger partial charge in [0.2, 0.25) is 11.8 Å². The van der Waals surface area contributed by atoms with Crippen molar-refractivity contribution in [3.05, 3.63) is 35.9 Å². The molecule has 0 bridgehead atoms. The number of β-lactam (4-membered cyclic amide) rings is 1. The summed E-state index contributed by atoms with van der Waals surface area (Å²) in [7, 11) is 0. The van der Waals surface area contributed by atoms with Crippen LogP contribution in [-0.4, -0.2) is 80.0 Å². The molecule has 6 amide bonds. The Labute approximate surface area is 217 Å². The number of fused-ring (bicyclic) bond motifs is 1. The molecular weight excluding hydrogens is 461 g/mol. The number of hydrogen-bond acceptors (Lipinski definition) is 6.